The van der Waals surface area contributed by atoms with E-state index in [0.29, 0.717) is 18.7 Å². The molecule has 5 heteroatoms. The average Bonchev–Trinajstić information content (AvgIpc) is 2.55. The van der Waals surface area contributed by atoms with Crippen LogP contribution in [0.1, 0.15) is 27.9 Å². The molecular formula is C18H19BrN2O2. The van der Waals surface area contributed by atoms with E-state index >= 15 is 0 Å². The van der Waals surface area contributed by atoms with Crippen LogP contribution in [0.25, 0.3) is 0 Å². The van der Waals surface area contributed by atoms with Gasteiger partial charge in [-0.3, -0.25) is 9.59 Å². The number of halogens is 1. The van der Waals surface area contributed by atoms with Gasteiger partial charge in [0.2, 0.25) is 5.91 Å². The van der Waals surface area contributed by atoms with Gasteiger partial charge in [0.25, 0.3) is 5.91 Å². The lowest BCUT2D eigenvalue weighted by molar-refractivity contribution is -0.121. The summed E-state index contributed by atoms with van der Waals surface area (Å²) in [7, 11) is 0. The Hall–Kier alpha value is -2.14. The third-order valence-electron chi connectivity index (χ3n) is 3.35. The maximum Gasteiger partial charge on any atom is 0.251 e. The topological polar surface area (TPSA) is 58.2 Å². The van der Waals surface area contributed by atoms with Gasteiger partial charge >= 0.3 is 0 Å². The first-order chi connectivity index (χ1) is 11.0. The summed E-state index contributed by atoms with van der Waals surface area (Å²) in [6.07, 6.45) is 0.258. The first-order valence-corrected chi connectivity index (χ1v) is 8.20. The van der Waals surface area contributed by atoms with E-state index in [4.69, 9.17) is 0 Å². The SMILES string of the molecule is Cc1ccc(CNC(=O)CCNC(=O)c2ccc(Br)cc2)cc1. The smallest absolute Gasteiger partial charge is 0.251 e. The molecule has 23 heavy (non-hydrogen) atoms. The minimum absolute atomic E-state index is 0.0818. The molecule has 0 spiro atoms. The maximum absolute atomic E-state index is 11.9. The fraction of sp³-hybridized carbons (Fsp3) is 0.222. The number of hydrogen-bond acceptors (Lipinski definition) is 2. The van der Waals surface area contributed by atoms with Crippen molar-refractivity contribution in [3.8, 4) is 0 Å². The predicted molar refractivity (Wildman–Crippen MR) is 94.1 cm³/mol. The first kappa shape index (κ1) is 17.2. The summed E-state index contributed by atoms with van der Waals surface area (Å²) in [5.41, 5.74) is 2.83. The fourth-order valence-electron chi connectivity index (χ4n) is 1.99. The second-order valence-electron chi connectivity index (χ2n) is 5.28. The molecule has 0 saturated heterocycles. The first-order valence-electron chi connectivity index (χ1n) is 7.40. The van der Waals surface area contributed by atoms with Crippen LogP contribution in [0.15, 0.2) is 53.0 Å². The third kappa shape index (κ3) is 5.87. The van der Waals surface area contributed by atoms with E-state index in [1.54, 1.807) is 12.1 Å². The van der Waals surface area contributed by atoms with Gasteiger partial charge < -0.3 is 10.6 Å². The minimum Gasteiger partial charge on any atom is -0.352 e. The summed E-state index contributed by atoms with van der Waals surface area (Å²) < 4.78 is 0.921. The van der Waals surface area contributed by atoms with E-state index in [2.05, 4.69) is 26.6 Å². The molecule has 120 valence electrons. The van der Waals surface area contributed by atoms with Crippen molar-refractivity contribution < 1.29 is 9.59 Å². The Morgan fingerprint density at radius 2 is 1.61 bits per heavy atom. The van der Waals surface area contributed by atoms with Crippen molar-refractivity contribution in [1.29, 1.82) is 0 Å². The zero-order valence-electron chi connectivity index (χ0n) is 12.9. The van der Waals surface area contributed by atoms with Crippen LogP contribution in [0, 0.1) is 6.92 Å². The van der Waals surface area contributed by atoms with Crippen molar-refractivity contribution >= 4 is 27.7 Å². The van der Waals surface area contributed by atoms with Gasteiger partial charge in [-0.15, -0.1) is 0 Å². The molecule has 2 N–H and O–H groups in total. The van der Waals surface area contributed by atoms with E-state index in [0.717, 1.165) is 10.0 Å². The lowest BCUT2D eigenvalue weighted by Crippen LogP contribution is -2.30. The van der Waals surface area contributed by atoms with Crippen LogP contribution in [0.3, 0.4) is 0 Å². The standard InChI is InChI=1S/C18H19BrN2O2/c1-13-2-4-14(5-3-13)12-21-17(22)10-11-20-18(23)15-6-8-16(19)9-7-15/h2-9H,10-12H2,1H3,(H,20,23)(H,21,22). The molecule has 0 aliphatic carbocycles. The van der Waals surface area contributed by atoms with Crippen LogP contribution in [0.5, 0.6) is 0 Å². The molecule has 2 rings (SSSR count). The quantitative estimate of drug-likeness (QED) is 0.815. The zero-order chi connectivity index (χ0) is 16.7. The molecule has 2 aromatic carbocycles. The number of carbonyl (C=O) groups excluding carboxylic acids is 2. The molecule has 0 unspecified atom stereocenters. The molecule has 2 aromatic rings. The van der Waals surface area contributed by atoms with Gasteiger partial charge in [0.15, 0.2) is 0 Å². The predicted octanol–water partition coefficient (Wildman–Crippen LogP) is 3.19. The molecule has 2 amide bonds. The summed E-state index contributed by atoms with van der Waals surface area (Å²) >= 11 is 3.32. The van der Waals surface area contributed by atoms with Crippen molar-refractivity contribution in [2.75, 3.05) is 6.54 Å². The molecule has 4 nitrogen and oxygen atoms in total. The number of rotatable bonds is 6. The molecule has 0 atom stereocenters. The lowest BCUT2D eigenvalue weighted by atomic mass is 10.1. The molecule has 0 aromatic heterocycles. The highest BCUT2D eigenvalue weighted by atomic mass is 79.9. The van der Waals surface area contributed by atoms with Gasteiger partial charge in [-0.05, 0) is 36.8 Å². The van der Waals surface area contributed by atoms with Crippen LogP contribution in [0.2, 0.25) is 0 Å². The summed E-state index contributed by atoms with van der Waals surface area (Å²) in [5, 5.41) is 5.58. The second-order valence-corrected chi connectivity index (χ2v) is 6.19. The molecular weight excluding hydrogens is 356 g/mol. The molecule has 0 aliphatic heterocycles. The summed E-state index contributed by atoms with van der Waals surface area (Å²) in [6.45, 7) is 2.84. The Morgan fingerprint density at radius 1 is 0.957 bits per heavy atom. The van der Waals surface area contributed by atoms with E-state index < -0.39 is 0 Å². The van der Waals surface area contributed by atoms with E-state index in [9.17, 15) is 9.59 Å². The number of aryl methyl sites for hydroxylation is 1. The molecule has 0 bridgehead atoms. The van der Waals surface area contributed by atoms with Gasteiger partial charge in [0, 0.05) is 29.5 Å². The molecule has 0 heterocycles. The highest BCUT2D eigenvalue weighted by molar-refractivity contribution is 9.10. The van der Waals surface area contributed by atoms with Gasteiger partial charge in [0.1, 0.15) is 0 Å². The Labute approximate surface area is 144 Å². The van der Waals surface area contributed by atoms with Crippen molar-refractivity contribution in [3.63, 3.8) is 0 Å². The number of hydrogen-bond donors (Lipinski definition) is 2. The fourth-order valence-corrected chi connectivity index (χ4v) is 2.25. The third-order valence-corrected chi connectivity index (χ3v) is 3.88. The van der Waals surface area contributed by atoms with Crippen molar-refractivity contribution in [2.45, 2.75) is 19.9 Å². The number of carbonyl (C=O) groups is 2. The Bertz CT molecular complexity index is 666. The van der Waals surface area contributed by atoms with E-state index in [1.807, 2.05) is 43.3 Å². The van der Waals surface area contributed by atoms with Gasteiger partial charge in [0.05, 0.1) is 0 Å². The normalized spacial score (nSPS) is 10.2. The molecule has 0 aliphatic rings. The van der Waals surface area contributed by atoms with Crippen molar-refractivity contribution in [1.82, 2.24) is 10.6 Å². The number of nitrogens with one attached hydrogen (secondary N) is 2. The summed E-state index contributed by atoms with van der Waals surface area (Å²) in [6, 6.07) is 15.1. The van der Waals surface area contributed by atoms with Crippen LogP contribution in [0.4, 0.5) is 0 Å². The van der Waals surface area contributed by atoms with Crippen molar-refractivity contribution in [2.24, 2.45) is 0 Å². The van der Waals surface area contributed by atoms with Crippen LogP contribution in [-0.2, 0) is 11.3 Å². The lowest BCUT2D eigenvalue weighted by Gasteiger charge is -2.07. The largest absolute Gasteiger partial charge is 0.352 e. The number of amides is 2. The number of benzene rings is 2. The highest BCUT2D eigenvalue weighted by Crippen LogP contribution is 2.10. The average molecular weight is 375 g/mol. The van der Waals surface area contributed by atoms with Crippen LogP contribution >= 0.6 is 15.9 Å². The van der Waals surface area contributed by atoms with Gasteiger partial charge in [-0.25, -0.2) is 0 Å². The molecule has 0 radical (unpaired) electrons. The second kappa shape index (κ2) is 8.48. The highest BCUT2D eigenvalue weighted by Gasteiger charge is 2.06. The monoisotopic (exact) mass is 374 g/mol. The Balaban J connectivity index is 1.69. The minimum atomic E-state index is -0.177. The Morgan fingerprint density at radius 3 is 2.26 bits per heavy atom. The van der Waals surface area contributed by atoms with Gasteiger partial charge in [-0.2, -0.15) is 0 Å². The van der Waals surface area contributed by atoms with Gasteiger partial charge in [-0.1, -0.05) is 45.8 Å². The van der Waals surface area contributed by atoms with E-state index in [1.165, 1.54) is 5.56 Å². The molecule has 0 saturated carbocycles. The van der Waals surface area contributed by atoms with E-state index in [-0.39, 0.29) is 18.2 Å². The zero-order valence-corrected chi connectivity index (χ0v) is 14.5. The summed E-state index contributed by atoms with van der Waals surface area (Å²) in [4.78, 5) is 23.7. The van der Waals surface area contributed by atoms with Crippen LogP contribution in [-0.4, -0.2) is 18.4 Å². The summed E-state index contributed by atoms with van der Waals surface area (Å²) in [5.74, 6) is -0.259. The van der Waals surface area contributed by atoms with Crippen molar-refractivity contribution in [3.05, 3.63) is 69.7 Å². The molecule has 0 fully saturated rings. The maximum atomic E-state index is 11.9. The Kier molecular flexibility index (Phi) is 6.35. The van der Waals surface area contributed by atoms with Crippen LogP contribution < -0.4 is 10.6 Å².